The molecule has 2 saturated heterocycles. The molecule has 2 heterocycles. The summed E-state index contributed by atoms with van der Waals surface area (Å²) in [5.41, 5.74) is 0. The molecule has 2 aliphatic heterocycles. The second-order valence-electron chi connectivity index (χ2n) is 5.41. The highest BCUT2D eigenvalue weighted by atomic mass is 16.4. The molecule has 3 atom stereocenters. The summed E-state index contributed by atoms with van der Waals surface area (Å²) in [6.45, 7) is 2.95. The predicted molar refractivity (Wildman–Crippen MR) is 71.1 cm³/mol. The van der Waals surface area contributed by atoms with Gasteiger partial charge in [-0.25, -0.2) is 4.79 Å². The van der Waals surface area contributed by atoms with Crippen LogP contribution >= 0.6 is 0 Å². The number of fused-ring (bicyclic) bond motifs is 1. The number of piperidine rings is 1. The molecule has 2 rings (SSSR count). The minimum atomic E-state index is -0.925. The minimum absolute atomic E-state index is 0.0186. The van der Waals surface area contributed by atoms with Gasteiger partial charge in [-0.1, -0.05) is 6.92 Å². The Morgan fingerprint density at radius 2 is 2.30 bits per heavy atom. The standard InChI is InChI=1S/C13H21N3O4/c1-2-8(6-11(17)18)15-13(20)16-5-3-4-9-10(16)7-14-12(9)19/h8-10H,2-7H2,1H3,(H,14,19)(H,15,20)(H,17,18). The van der Waals surface area contributed by atoms with E-state index in [2.05, 4.69) is 10.6 Å². The zero-order valence-corrected chi connectivity index (χ0v) is 11.6. The Kier molecular flexibility index (Phi) is 4.46. The van der Waals surface area contributed by atoms with Gasteiger partial charge in [-0.15, -0.1) is 0 Å². The number of rotatable bonds is 4. The normalized spacial score (nSPS) is 26.6. The van der Waals surface area contributed by atoms with Crippen LogP contribution in [0.2, 0.25) is 0 Å². The number of carboxylic acid groups (broad SMARTS) is 1. The summed E-state index contributed by atoms with van der Waals surface area (Å²) in [5.74, 6) is -1.02. The number of carbonyl (C=O) groups is 3. The largest absolute Gasteiger partial charge is 0.481 e. The molecule has 7 heteroatoms. The average Bonchev–Trinajstić information content (AvgIpc) is 2.79. The number of carbonyl (C=O) groups excluding carboxylic acids is 2. The lowest BCUT2D eigenvalue weighted by Crippen LogP contribution is -2.54. The van der Waals surface area contributed by atoms with Crippen molar-refractivity contribution in [2.75, 3.05) is 13.1 Å². The van der Waals surface area contributed by atoms with Crippen LogP contribution in [-0.4, -0.2) is 53.1 Å². The maximum atomic E-state index is 12.3. The molecular formula is C13H21N3O4. The molecule has 3 amide bonds. The van der Waals surface area contributed by atoms with E-state index < -0.39 is 5.97 Å². The average molecular weight is 283 g/mol. The second kappa shape index (κ2) is 6.11. The van der Waals surface area contributed by atoms with Gasteiger partial charge in [-0.2, -0.15) is 0 Å². The molecule has 0 spiro atoms. The highest BCUT2D eigenvalue weighted by molar-refractivity contribution is 5.84. The Labute approximate surface area is 117 Å². The van der Waals surface area contributed by atoms with Crippen LogP contribution in [0.4, 0.5) is 4.79 Å². The van der Waals surface area contributed by atoms with Gasteiger partial charge in [0, 0.05) is 19.1 Å². The third-order valence-electron chi connectivity index (χ3n) is 4.10. The quantitative estimate of drug-likeness (QED) is 0.684. The molecule has 0 aromatic rings. The van der Waals surface area contributed by atoms with Crippen molar-refractivity contribution in [3.05, 3.63) is 0 Å². The summed E-state index contributed by atoms with van der Waals surface area (Å²) in [6, 6.07) is -0.728. The van der Waals surface area contributed by atoms with Crippen molar-refractivity contribution in [2.24, 2.45) is 5.92 Å². The first-order valence-corrected chi connectivity index (χ1v) is 7.09. The molecule has 2 aliphatic rings. The second-order valence-corrected chi connectivity index (χ2v) is 5.41. The number of amides is 3. The lowest BCUT2D eigenvalue weighted by molar-refractivity contribution is -0.137. The van der Waals surface area contributed by atoms with Crippen molar-refractivity contribution in [1.82, 2.24) is 15.5 Å². The van der Waals surface area contributed by atoms with E-state index in [1.807, 2.05) is 6.92 Å². The molecule has 0 bridgehead atoms. The number of nitrogens with zero attached hydrogens (tertiary/aromatic N) is 1. The van der Waals surface area contributed by atoms with E-state index in [1.165, 1.54) is 0 Å². The molecule has 20 heavy (non-hydrogen) atoms. The molecule has 112 valence electrons. The Bertz CT molecular complexity index is 412. The first-order valence-electron chi connectivity index (χ1n) is 7.09. The summed E-state index contributed by atoms with van der Waals surface area (Å²) >= 11 is 0. The van der Waals surface area contributed by atoms with E-state index in [4.69, 9.17) is 5.11 Å². The highest BCUT2D eigenvalue weighted by Gasteiger charge is 2.42. The lowest BCUT2D eigenvalue weighted by Gasteiger charge is -2.36. The van der Waals surface area contributed by atoms with Crippen molar-refractivity contribution in [2.45, 2.75) is 44.7 Å². The van der Waals surface area contributed by atoms with Gasteiger partial charge >= 0.3 is 12.0 Å². The van der Waals surface area contributed by atoms with Crippen molar-refractivity contribution in [1.29, 1.82) is 0 Å². The van der Waals surface area contributed by atoms with Crippen molar-refractivity contribution in [3.63, 3.8) is 0 Å². The van der Waals surface area contributed by atoms with E-state index in [9.17, 15) is 14.4 Å². The van der Waals surface area contributed by atoms with E-state index in [1.54, 1.807) is 4.90 Å². The fraction of sp³-hybridized carbons (Fsp3) is 0.769. The Morgan fingerprint density at radius 3 is 2.95 bits per heavy atom. The topological polar surface area (TPSA) is 98.7 Å². The lowest BCUT2D eigenvalue weighted by atomic mass is 9.92. The zero-order chi connectivity index (χ0) is 14.7. The molecule has 0 aliphatic carbocycles. The Morgan fingerprint density at radius 1 is 1.55 bits per heavy atom. The molecule has 3 N–H and O–H groups in total. The molecular weight excluding hydrogens is 262 g/mol. The van der Waals surface area contributed by atoms with Crippen LogP contribution in [0.1, 0.15) is 32.6 Å². The van der Waals surface area contributed by atoms with Crippen LogP contribution in [0.3, 0.4) is 0 Å². The van der Waals surface area contributed by atoms with E-state index in [0.29, 0.717) is 19.5 Å². The van der Waals surface area contributed by atoms with Gasteiger partial charge in [0.05, 0.1) is 18.4 Å². The third kappa shape index (κ3) is 3.02. The number of likely N-dealkylation sites (tertiary alicyclic amines) is 1. The molecule has 2 fully saturated rings. The van der Waals surface area contributed by atoms with Crippen LogP contribution in [0.5, 0.6) is 0 Å². The van der Waals surface area contributed by atoms with Crippen LogP contribution < -0.4 is 10.6 Å². The van der Waals surface area contributed by atoms with Crippen molar-refractivity contribution >= 4 is 17.9 Å². The number of carboxylic acids is 1. The summed E-state index contributed by atoms with van der Waals surface area (Å²) in [7, 11) is 0. The van der Waals surface area contributed by atoms with E-state index in [0.717, 1.165) is 12.8 Å². The summed E-state index contributed by atoms with van der Waals surface area (Å²) in [5, 5.41) is 14.4. The number of aliphatic carboxylic acids is 1. The molecule has 0 radical (unpaired) electrons. The summed E-state index contributed by atoms with van der Waals surface area (Å²) < 4.78 is 0. The third-order valence-corrected chi connectivity index (χ3v) is 4.10. The molecule has 3 unspecified atom stereocenters. The molecule has 0 aromatic carbocycles. The van der Waals surface area contributed by atoms with Gasteiger partial charge in [0.1, 0.15) is 0 Å². The van der Waals surface area contributed by atoms with Crippen LogP contribution in [0, 0.1) is 5.92 Å². The Balaban J connectivity index is 1.97. The maximum absolute atomic E-state index is 12.3. The van der Waals surface area contributed by atoms with Gasteiger partial charge in [0.2, 0.25) is 5.91 Å². The van der Waals surface area contributed by atoms with Crippen molar-refractivity contribution < 1.29 is 19.5 Å². The Hall–Kier alpha value is -1.79. The highest BCUT2D eigenvalue weighted by Crippen LogP contribution is 2.27. The van der Waals surface area contributed by atoms with Gasteiger partial charge in [0.15, 0.2) is 0 Å². The predicted octanol–water partition coefficient (Wildman–Crippen LogP) is 0.160. The number of hydrogen-bond acceptors (Lipinski definition) is 3. The van der Waals surface area contributed by atoms with Gasteiger partial charge in [-0.05, 0) is 19.3 Å². The van der Waals surface area contributed by atoms with E-state index >= 15 is 0 Å². The summed E-state index contributed by atoms with van der Waals surface area (Å²) in [6.07, 6.45) is 2.10. The molecule has 0 aromatic heterocycles. The van der Waals surface area contributed by atoms with Crippen LogP contribution in [0.15, 0.2) is 0 Å². The smallest absolute Gasteiger partial charge is 0.317 e. The van der Waals surface area contributed by atoms with Crippen LogP contribution in [-0.2, 0) is 9.59 Å². The van der Waals surface area contributed by atoms with Crippen molar-refractivity contribution in [3.8, 4) is 0 Å². The fourth-order valence-electron chi connectivity index (χ4n) is 2.97. The fourth-order valence-corrected chi connectivity index (χ4v) is 2.97. The number of urea groups is 1. The van der Waals surface area contributed by atoms with Gasteiger partial charge < -0.3 is 20.6 Å². The zero-order valence-electron chi connectivity index (χ0n) is 11.6. The SMILES string of the molecule is CCC(CC(=O)O)NC(=O)N1CCCC2C(=O)NCC21. The van der Waals surface area contributed by atoms with Crippen LogP contribution in [0.25, 0.3) is 0 Å². The number of nitrogens with one attached hydrogen (secondary N) is 2. The first kappa shape index (κ1) is 14.6. The van der Waals surface area contributed by atoms with E-state index in [-0.39, 0.29) is 36.4 Å². The van der Waals surface area contributed by atoms with Gasteiger partial charge in [0.25, 0.3) is 0 Å². The molecule has 7 nitrogen and oxygen atoms in total. The van der Waals surface area contributed by atoms with Gasteiger partial charge in [-0.3, -0.25) is 9.59 Å². The molecule has 0 saturated carbocycles. The monoisotopic (exact) mass is 283 g/mol. The first-order chi connectivity index (χ1) is 9.52. The maximum Gasteiger partial charge on any atom is 0.317 e. The summed E-state index contributed by atoms with van der Waals surface area (Å²) in [4.78, 5) is 36.3. The number of hydrogen-bond donors (Lipinski definition) is 3. The minimum Gasteiger partial charge on any atom is -0.481 e.